The van der Waals surface area contributed by atoms with Gasteiger partial charge >= 0.3 is 6.18 Å². The van der Waals surface area contributed by atoms with Crippen LogP contribution in [0, 0.1) is 5.82 Å². The monoisotopic (exact) mass is 326 g/mol. The van der Waals surface area contributed by atoms with Gasteiger partial charge in [-0.3, -0.25) is 9.78 Å². The molecular weight excluding hydrogens is 312 g/mol. The third-order valence-electron chi connectivity index (χ3n) is 3.13. The van der Waals surface area contributed by atoms with Gasteiger partial charge in [-0.1, -0.05) is 18.2 Å². The van der Waals surface area contributed by atoms with Gasteiger partial charge in [0.05, 0.1) is 18.9 Å². The van der Waals surface area contributed by atoms with Crippen LogP contribution in [-0.2, 0) is 11.2 Å². The molecule has 3 nitrogen and oxygen atoms in total. The van der Waals surface area contributed by atoms with Crippen molar-refractivity contribution in [3.05, 3.63) is 65.7 Å². The Bertz CT molecular complexity index is 641. The molecule has 122 valence electrons. The molecule has 0 saturated carbocycles. The molecule has 1 N–H and O–H groups in total. The van der Waals surface area contributed by atoms with Crippen molar-refractivity contribution in [2.45, 2.75) is 25.1 Å². The first-order valence-electron chi connectivity index (χ1n) is 6.84. The molecule has 1 heterocycles. The lowest BCUT2D eigenvalue weighted by molar-refractivity contribution is -0.142. The van der Waals surface area contributed by atoms with Gasteiger partial charge in [-0.05, 0) is 29.3 Å². The highest BCUT2D eigenvalue weighted by molar-refractivity contribution is 5.78. The average molecular weight is 326 g/mol. The van der Waals surface area contributed by atoms with Gasteiger partial charge in [0.1, 0.15) is 5.82 Å². The quantitative estimate of drug-likeness (QED) is 0.854. The summed E-state index contributed by atoms with van der Waals surface area (Å²) in [5, 5.41) is 2.35. The first-order chi connectivity index (χ1) is 10.8. The predicted octanol–water partition coefficient (Wildman–Crippen LogP) is 3.57. The minimum atomic E-state index is -4.46. The molecule has 1 unspecified atom stereocenters. The first kappa shape index (κ1) is 16.9. The molecule has 2 rings (SSSR count). The van der Waals surface area contributed by atoms with Crippen LogP contribution in [0.5, 0.6) is 0 Å². The highest BCUT2D eigenvalue weighted by atomic mass is 19.4. The second-order valence-corrected chi connectivity index (χ2v) is 5.03. The van der Waals surface area contributed by atoms with Crippen LogP contribution in [-0.4, -0.2) is 17.1 Å². The van der Waals surface area contributed by atoms with E-state index in [4.69, 9.17) is 0 Å². The van der Waals surface area contributed by atoms with Crippen LogP contribution in [0.15, 0.2) is 48.8 Å². The van der Waals surface area contributed by atoms with Crippen molar-refractivity contribution in [1.82, 2.24) is 10.3 Å². The zero-order chi connectivity index (χ0) is 16.9. The van der Waals surface area contributed by atoms with Crippen LogP contribution < -0.4 is 5.32 Å². The van der Waals surface area contributed by atoms with E-state index < -0.39 is 30.4 Å². The normalized spacial score (nSPS) is 12.7. The summed E-state index contributed by atoms with van der Waals surface area (Å²) < 4.78 is 51.1. The van der Waals surface area contributed by atoms with Crippen LogP contribution in [0.4, 0.5) is 17.6 Å². The Morgan fingerprint density at radius 2 is 1.87 bits per heavy atom. The van der Waals surface area contributed by atoms with Crippen molar-refractivity contribution in [2.75, 3.05) is 0 Å². The lowest BCUT2D eigenvalue weighted by Gasteiger charge is -2.21. The Balaban J connectivity index is 2.10. The van der Waals surface area contributed by atoms with Crippen LogP contribution in [0.25, 0.3) is 0 Å². The lowest BCUT2D eigenvalue weighted by atomic mass is 10.0. The SMILES string of the molecule is O=C(Cc1cccnc1)NC(CC(F)(F)F)c1ccc(F)cc1. The van der Waals surface area contributed by atoms with Gasteiger partial charge in [0.15, 0.2) is 0 Å². The smallest absolute Gasteiger partial charge is 0.349 e. The van der Waals surface area contributed by atoms with E-state index in [1.54, 1.807) is 12.1 Å². The minimum absolute atomic E-state index is 0.0800. The summed E-state index contributed by atoms with van der Waals surface area (Å²) >= 11 is 0. The summed E-state index contributed by atoms with van der Waals surface area (Å²) in [6, 6.07) is 6.61. The lowest BCUT2D eigenvalue weighted by Crippen LogP contribution is -2.33. The number of carbonyl (C=O) groups excluding carboxylic acids is 1. The zero-order valence-corrected chi connectivity index (χ0v) is 12.0. The van der Waals surface area contributed by atoms with Crippen molar-refractivity contribution in [3.63, 3.8) is 0 Å². The predicted molar refractivity (Wildman–Crippen MR) is 75.9 cm³/mol. The summed E-state index contributed by atoms with van der Waals surface area (Å²) in [6.07, 6.45) is -2.76. The van der Waals surface area contributed by atoms with Gasteiger partial charge in [-0.25, -0.2) is 4.39 Å². The van der Waals surface area contributed by atoms with Crippen molar-refractivity contribution in [3.8, 4) is 0 Å². The molecule has 23 heavy (non-hydrogen) atoms. The van der Waals surface area contributed by atoms with Crippen LogP contribution in [0.1, 0.15) is 23.6 Å². The van der Waals surface area contributed by atoms with Crippen molar-refractivity contribution < 1.29 is 22.4 Å². The van der Waals surface area contributed by atoms with E-state index in [2.05, 4.69) is 10.3 Å². The van der Waals surface area contributed by atoms with E-state index >= 15 is 0 Å². The second kappa shape index (κ2) is 7.21. The van der Waals surface area contributed by atoms with Crippen LogP contribution in [0.3, 0.4) is 0 Å². The number of pyridine rings is 1. The van der Waals surface area contributed by atoms with E-state index in [-0.39, 0.29) is 12.0 Å². The number of hydrogen-bond donors (Lipinski definition) is 1. The summed E-state index contributed by atoms with van der Waals surface area (Å²) in [6.45, 7) is 0. The molecule has 1 aromatic heterocycles. The van der Waals surface area contributed by atoms with E-state index in [0.717, 1.165) is 12.1 Å². The second-order valence-electron chi connectivity index (χ2n) is 5.03. The van der Waals surface area contributed by atoms with Gasteiger partial charge in [-0.15, -0.1) is 0 Å². The van der Waals surface area contributed by atoms with E-state index in [9.17, 15) is 22.4 Å². The van der Waals surface area contributed by atoms with Gasteiger partial charge in [-0.2, -0.15) is 13.2 Å². The number of aromatic nitrogens is 1. The number of benzene rings is 1. The number of rotatable bonds is 5. The molecule has 0 aliphatic heterocycles. The largest absolute Gasteiger partial charge is 0.391 e. The number of hydrogen-bond acceptors (Lipinski definition) is 2. The van der Waals surface area contributed by atoms with E-state index in [0.29, 0.717) is 5.56 Å². The third-order valence-corrected chi connectivity index (χ3v) is 3.13. The van der Waals surface area contributed by atoms with Crippen LogP contribution >= 0.6 is 0 Å². The Kier molecular flexibility index (Phi) is 5.31. The Morgan fingerprint density at radius 3 is 2.43 bits per heavy atom. The van der Waals surface area contributed by atoms with E-state index in [1.807, 2.05) is 0 Å². The van der Waals surface area contributed by atoms with Crippen molar-refractivity contribution in [1.29, 1.82) is 0 Å². The van der Waals surface area contributed by atoms with Crippen LogP contribution in [0.2, 0.25) is 0 Å². The molecule has 1 aromatic carbocycles. The van der Waals surface area contributed by atoms with Crippen molar-refractivity contribution >= 4 is 5.91 Å². The molecule has 0 spiro atoms. The summed E-state index contributed by atoms with van der Waals surface area (Å²) in [4.78, 5) is 15.8. The number of nitrogens with one attached hydrogen (secondary N) is 1. The molecule has 2 aromatic rings. The summed E-state index contributed by atoms with van der Waals surface area (Å²) in [5.74, 6) is -1.11. The standard InChI is InChI=1S/C16H14F4N2O/c17-13-5-3-12(4-6-13)14(9-16(18,19)20)22-15(23)8-11-2-1-7-21-10-11/h1-7,10,14H,8-9H2,(H,22,23). The average Bonchev–Trinajstić information content (AvgIpc) is 2.47. The van der Waals surface area contributed by atoms with Gasteiger partial charge < -0.3 is 5.32 Å². The fourth-order valence-electron chi connectivity index (χ4n) is 2.11. The Morgan fingerprint density at radius 1 is 1.17 bits per heavy atom. The maximum Gasteiger partial charge on any atom is 0.391 e. The molecule has 0 aliphatic carbocycles. The molecule has 7 heteroatoms. The van der Waals surface area contributed by atoms with E-state index in [1.165, 1.54) is 24.5 Å². The fourth-order valence-corrected chi connectivity index (χ4v) is 2.11. The molecule has 0 saturated heterocycles. The maximum absolute atomic E-state index is 12.9. The summed E-state index contributed by atoms with van der Waals surface area (Å²) in [5.41, 5.74) is 0.790. The molecule has 1 amide bonds. The molecule has 0 aliphatic rings. The van der Waals surface area contributed by atoms with Gasteiger partial charge in [0, 0.05) is 12.4 Å². The Hall–Kier alpha value is -2.44. The number of alkyl halides is 3. The van der Waals surface area contributed by atoms with Gasteiger partial charge in [0.2, 0.25) is 5.91 Å². The minimum Gasteiger partial charge on any atom is -0.349 e. The number of amides is 1. The molecular formula is C16H14F4N2O. The van der Waals surface area contributed by atoms with Crippen molar-refractivity contribution in [2.24, 2.45) is 0 Å². The number of halogens is 4. The Labute approximate surface area is 130 Å². The fraction of sp³-hybridized carbons (Fsp3) is 0.250. The zero-order valence-electron chi connectivity index (χ0n) is 12.0. The molecule has 1 atom stereocenters. The third kappa shape index (κ3) is 5.69. The highest BCUT2D eigenvalue weighted by Gasteiger charge is 2.33. The molecule has 0 radical (unpaired) electrons. The highest BCUT2D eigenvalue weighted by Crippen LogP contribution is 2.29. The van der Waals surface area contributed by atoms with Gasteiger partial charge in [0.25, 0.3) is 0 Å². The molecule has 0 fully saturated rings. The molecule has 0 bridgehead atoms. The number of carbonyl (C=O) groups is 1. The maximum atomic E-state index is 12.9. The first-order valence-corrected chi connectivity index (χ1v) is 6.84. The number of nitrogens with zero attached hydrogens (tertiary/aromatic N) is 1. The summed E-state index contributed by atoms with van der Waals surface area (Å²) in [7, 11) is 0. The topological polar surface area (TPSA) is 42.0 Å².